The number of fused-ring (bicyclic) bond motifs is 1. The molecule has 40 heavy (non-hydrogen) atoms. The molecule has 3 heterocycles. The summed E-state index contributed by atoms with van der Waals surface area (Å²) in [6, 6.07) is 5.89. The number of aliphatic hydroxyl groups is 1. The van der Waals surface area contributed by atoms with Crippen LogP contribution in [0.25, 0.3) is 10.6 Å². The van der Waals surface area contributed by atoms with Crippen LogP contribution >= 0.6 is 0 Å². The molecule has 11 heteroatoms. The van der Waals surface area contributed by atoms with E-state index in [-0.39, 0.29) is 55.0 Å². The quantitative estimate of drug-likeness (QED) is 0.283. The Bertz CT molecular complexity index is 1530. The zero-order chi connectivity index (χ0) is 28.7. The monoisotopic (exact) mass is 553 g/mol. The average molecular weight is 554 g/mol. The van der Waals surface area contributed by atoms with E-state index in [0.717, 1.165) is 43.1 Å². The van der Waals surface area contributed by atoms with Crippen molar-refractivity contribution in [3.05, 3.63) is 80.9 Å². The predicted octanol–water partition coefficient (Wildman–Crippen LogP) is 6.04. The van der Waals surface area contributed by atoms with Crippen LogP contribution in [-0.2, 0) is 35.1 Å². The van der Waals surface area contributed by atoms with Crippen LogP contribution < -0.4 is 0 Å². The smallest absolute Gasteiger partial charge is 0.416 e. The third-order valence-electron chi connectivity index (χ3n) is 8.02. The highest BCUT2D eigenvalue weighted by Crippen LogP contribution is 2.46. The standard InChI is InChI=1S/C29H30F3N5O3/c1-17-12-18(2)37-27(34-17)35-25(36-37)14-22-24(38)15-28(40-26(22)39,21-6-4-5-7-21)11-10-19-8-9-20(16-33-3)23(13-19)29(30,31)32/h8-9,12-13,21,38H,4-7,10-11,14-16H2,1-2H3. The van der Waals surface area contributed by atoms with Crippen molar-refractivity contribution in [2.75, 3.05) is 0 Å². The van der Waals surface area contributed by atoms with Gasteiger partial charge in [0, 0.05) is 29.8 Å². The molecular formula is C29H30F3N5O3. The highest BCUT2D eigenvalue weighted by molar-refractivity contribution is 5.90. The summed E-state index contributed by atoms with van der Waals surface area (Å²) in [5.41, 5.74) is 0.247. The maximum absolute atomic E-state index is 13.7. The minimum atomic E-state index is -4.58. The Kier molecular flexibility index (Phi) is 7.29. The number of ether oxygens (including phenoxy) is 1. The van der Waals surface area contributed by atoms with Gasteiger partial charge in [-0.15, -0.1) is 5.10 Å². The second kappa shape index (κ2) is 10.6. The van der Waals surface area contributed by atoms with Crippen molar-refractivity contribution in [3.8, 4) is 0 Å². The molecule has 1 fully saturated rings. The number of aliphatic hydroxyl groups excluding tert-OH is 1. The van der Waals surface area contributed by atoms with Gasteiger partial charge in [-0.2, -0.15) is 18.2 Å². The maximum atomic E-state index is 13.7. The van der Waals surface area contributed by atoms with Gasteiger partial charge in [0.05, 0.1) is 11.1 Å². The largest absolute Gasteiger partial charge is 0.512 e. The number of hydrogen-bond acceptors (Lipinski definition) is 6. The van der Waals surface area contributed by atoms with E-state index in [1.165, 1.54) is 6.07 Å². The number of aryl methyl sites for hydroxylation is 3. The van der Waals surface area contributed by atoms with E-state index < -0.39 is 23.3 Å². The molecule has 1 N–H and O–H groups in total. The Hall–Kier alpha value is -3.94. The molecule has 1 aliphatic heterocycles. The van der Waals surface area contributed by atoms with Gasteiger partial charge in [0.15, 0.2) is 5.82 Å². The molecular weight excluding hydrogens is 523 g/mol. The first-order chi connectivity index (χ1) is 19.0. The van der Waals surface area contributed by atoms with E-state index in [0.29, 0.717) is 17.2 Å². The molecule has 3 aromatic rings. The molecule has 0 bridgehead atoms. The molecule has 1 atom stereocenters. The number of halogens is 3. The molecule has 0 saturated heterocycles. The van der Waals surface area contributed by atoms with Crippen molar-refractivity contribution in [2.24, 2.45) is 5.92 Å². The van der Waals surface area contributed by atoms with E-state index in [4.69, 9.17) is 11.3 Å². The van der Waals surface area contributed by atoms with E-state index in [1.54, 1.807) is 10.6 Å². The molecule has 0 radical (unpaired) electrons. The van der Waals surface area contributed by atoms with Crippen molar-refractivity contribution >= 4 is 11.7 Å². The Morgan fingerprint density at radius 2 is 1.95 bits per heavy atom. The summed E-state index contributed by atoms with van der Waals surface area (Å²) in [7, 11) is 0. The van der Waals surface area contributed by atoms with Gasteiger partial charge in [-0.1, -0.05) is 25.0 Å². The normalized spacial score (nSPS) is 20.2. The van der Waals surface area contributed by atoms with Crippen LogP contribution in [0.15, 0.2) is 35.6 Å². The van der Waals surface area contributed by atoms with Crippen LogP contribution in [0, 0.1) is 26.3 Å². The fraction of sp³-hybridized carbons (Fsp3) is 0.483. The zero-order valence-corrected chi connectivity index (χ0v) is 22.4. The van der Waals surface area contributed by atoms with E-state index >= 15 is 0 Å². The number of rotatable bonds is 7. The van der Waals surface area contributed by atoms with Crippen LogP contribution in [0.1, 0.15) is 72.4 Å². The predicted molar refractivity (Wildman–Crippen MR) is 139 cm³/mol. The lowest BCUT2D eigenvalue weighted by molar-refractivity contribution is -0.167. The van der Waals surface area contributed by atoms with Gasteiger partial charge in [-0.3, -0.25) is 0 Å². The van der Waals surface area contributed by atoms with Crippen LogP contribution in [0.2, 0.25) is 0 Å². The van der Waals surface area contributed by atoms with Gasteiger partial charge in [-0.05, 0) is 63.1 Å². The summed E-state index contributed by atoms with van der Waals surface area (Å²) in [4.78, 5) is 25.2. The minimum absolute atomic E-state index is 0.00762. The fourth-order valence-electron chi connectivity index (χ4n) is 6.05. The second-order valence-corrected chi connectivity index (χ2v) is 10.8. The fourth-order valence-corrected chi connectivity index (χ4v) is 6.05. The zero-order valence-electron chi connectivity index (χ0n) is 22.4. The Morgan fingerprint density at radius 1 is 1.20 bits per heavy atom. The third-order valence-corrected chi connectivity index (χ3v) is 8.02. The summed E-state index contributed by atoms with van der Waals surface area (Å²) in [5.74, 6) is -0.0262. The van der Waals surface area contributed by atoms with Crippen molar-refractivity contribution in [3.63, 3.8) is 0 Å². The number of esters is 1. The Labute approximate surface area is 229 Å². The molecule has 1 unspecified atom stereocenters. The summed E-state index contributed by atoms with van der Waals surface area (Å²) >= 11 is 0. The first kappa shape index (κ1) is 27.6. The molecule has 0 spiro atoms. The molecule has 2 aromatic heterocycles. The Morgan fingerprint density at radius 3 is 2.62 bits per heavy atom. The molecule has 1 saturated carbocycles. The van der Waals surface area contributed by atoms with E-state index in [9.17, 15) is 23.1 Å². The second-order valence-electron chi connectivity index (χ2n) is 10.8. The molecule has 8 nitrogen and oxygen atoms in total. The number of alkyl halides is 3. The number of hydrogen-bond donors (Lipinski definition) is 1. The number of cyclic esters (lactones) is 1. The van der Waals surface area contributed by atoms with Crippen LogP contribution in [-0.4, -0.2) is 36.3 Å². The van der Waals surface area contributed by atoms with Gasteiger partial charge < -0.3 is 14.7 Å². The summed E-state index contributed by atoms with van der Waals surface area (Å²) in [5, 5.41) is 15.6. The Balaban J connectivity index is 1.41. The molecule has 0 amide bonds. The van der Waals surface area contributed by atoms with Gasteiger partial charge in [0.2, 0.25) is 6.54 Å². The molecule has 2 aliphatic rings. The number of benzene rings is 1. The van der Waals surface area contributed by atoms with Crippen LogP contribution in [0.3, 0.4) is 0 Å². The van der Waals surface area contributed by atoms with Gasteiger partial charge in [-0.25, -0.2) is 20.9 Å². The lowest BCUT2D eigenvalue weighted by atomic mass is 9.76. The number of aromatic nitrogens is 4. The van der Waals surface area contributed by atoms with Crippen molar-refractivity contribution in [2.45, 2.75) is 83.5 Å². The van der Waals surface area contributed by atoms with E-state index in [2.05, 4.69) is 19.9 Å². The average Bonchev–Trinajstić information content (AvgIpc) is 3.56. The number of carbonyl (C=O) groups excluding carboxylic acids is 1. The SMILES string of the molecule is [C-]#[N+]Cc1ccc(CCC2(C3CCCC3)CC(O)=C(Cc3nc4nc(C)cc(C)n4n3)C(=O)O2)cc1C(F)(F)F. The maximum Gasteiger partial charge on any atom is 0.416 e. The molecule has 1 aliphatic carbocycles. The van der Waals surface area contributed by atoms with Gasteiger partial charge in [0.25, 0.3) is 5.78 Å². The van der Waals surface area contributed by atoms with Gasteiger partial charge in [0.1, 0.15) is 11.4 Å². The molecule has 1 aromatic carbocycles. The minimum Gasteiger partial charge on any atom is -0.512 e. The van der Waals surface area contributed by atoms with Gasteiger partial charge >= 0.3 is 12.1 Å². The van der Waals surface area contributed by atoms with E-state index in [1.807, 2.05) is 19.9 Å². The first-order valence-electron chi connectivity index (χ1n) is 13.4. The van der Waals surface area contributed by atoms with Crippen molar-refractivity contribution < 1.29 is 27.8 Å². The third kappa shape index (κ3) is 5.40. The topological polar surface area (TPSA) is 94.0 Å². The number of nitrogens with zero attached hydrogens (tertiary/aromatic N) is 5. The van der Waals surface area contributed by atoms with Crippen molar-refractivity contribution in [1.29, 1.82) is 0 Å². The van der Waals surface area contributed by atoms with Crippen molar-refractivity contribution in [1.82, 2.24) is 19.6 Å². The lowest BCUT2D eigenvalue weighted by Gasteiger charge is -2.41. The highest BCUT2D eigenvalue weighted by atomic mass is 19.4. The molecule has 210 valence electrons. The number of carbonyl (C=O) groups is 1. The van der Waals surface area contributed by atoms with Crippen LogP contribution in [0.4, 0.5) is 13.2 Å². The highest BCUT2D eigenvalue weighted by Gasteiger charge is 2.48. The summed E-state index contributed by atoms with van der Waals surface area (Å²) in [6.07, 6.45) is -0.469. The first-order valence-corrected chi connectivity index (χ1v) is 13.4. The van der Waals surface area contributed by atoms with Crippen LogP contribution in [0.5, 0.6) is 0 Å². The molecule has 5 rings (SSSR count). The lowest BCUT2D eigenvalue weighted by Crippen LogP contribution is -2.46. The summed E-state index contributed by atoms with van der Waals surface area (Å²) in [6.45, 7) is 10.3. The summed E-state index contributed by atoms with van der Waals surface area (Å²) < 4.78 is 48.7.